The van der Waals surface area contributed by atoms with E-state index < -0.39 is 17.3 Å². The molecule has 0 aromatic heterocycles. The fourth-order valence-corrected chi connectivity index (χ4v) is 2.23. The van der Waals surface area contributed by atoms with Crippen molar-refractivity contribution in [2.75, 3.05) is 19.8 Å². The molecular formula is C13H15ClFNO3. The van der Waals surface area contributed by atoms with E-state index in [1.54, 1.807) is 0 Å². The van der Waals surface area contributed by atoms with Crippen molar-refractivity contribution in [2.45, 2.75) is 18.4 Å². The van der Waals surface area contributed by atoms with Gasteiger partial charge in [-0.25, -0.2) is 4.39 Å². The van der Waals surface area contributed by atoms with Crippen LogP contribution in [0.25, 0.3) is 0 Å². The Morgan fingerprint density at radius 1 is 1.47 bits per heavy atom. The number of benzene rings is 1. The summed E-state index contributed by atoms with van der Waals surface area (Å²) in [7, 11) is 0. The number of rotatable bonds is 3. The third-order valence-electron chi connectivity index (χ3n) is 3.31. The van der Waals surface area contributed by atoms with Gasteiger partial charge in [-0.3, -0.25) is 4.79 Å². The Labute approximate surface area is 115 Å². The second-order valence-electron chi connectivity index (χ2n) is 4.63. The van der Waals surface area contributed by atoms with E-state index in [-0.39, 0.29) is 17.2 Å². The number of aliphatic hydroxyl groups is 1. The largest absolute Gasteiger partial charge is 0.394 e. The molecule has 0 atom stereocenters. The van der Waals surface area contributed by atoms with E-state index in [2.05, 4.69) is 5.32 Å². The smallest absolute Gasteiger partial charge is 0.254 e. The van der Waals surface area contributed by atoms with Crippen molar-refractivity contribution in [2.24, 2.45) is 0 Å². The van der Waals surface area contributed by atoms with Crippen LogP contribution < -0.4 is 5.32 Å². The van der Waals surface area contributed by atoms with Crippen LogP contribution in [0.15, 0.2) is 18.2 Å². The maximum Gasteiger partial charge on any atom is 0.254 e. The minimum atomic E-state index is -0.735. The number of hydrogen-bond donors (Lipinski definition) is 2. The summed E-state index contributed by atoms with van der Waals surface area (Å²) in [6, 6.07) is 3.87. The number of aliphatic hydroxyl groups excluding tert-OH is 1. The first-order valence-electron chi connectivity index (χ1n) is 6.02. The highest BCUT2D eigenvalue weighted by Gasteiger charge is 2.34. The first-order chi connectivity index (χ1) is 9.06. The van der Waals surface area contributed by atoms with Gasteiger partial charge in [0.05, 0.1) is 17.7 Å². The van der Waals surface area contributed by atoms with E-state index in [0.29, 0.717) is 26.1 Å². The molecule has 0 saturated carbocycles. The van der Waals surface area contributed by atoms with Gasteiger partial charge in [-0.1, -0.05) is 11.6 Å². The van der Waals surface area contributed by atoms with Gasteiger partial charge in [0.1, 0.15) is 5.82 Å². The zero-order chi connectivity index (χ0) is 13.9. The SMILES string of the molecule is O=C(NC1(CO)CCOCC1)c1ccc(Cl)cc1F. The lowest BCUT2D eigenvalue weighted by molar-refractivity contribution is 0.0124. The second kappa shape index (κ2) is 5.86. The third kappa shape index (κ3) is 3.23. The molecule has 0 spiro atoms. The molecule has 1 aliphatic rings. The average Bonchev–Trinajstić information content (AvgIpc) is 2.39. The molecule has 1 aliphatic heterocycles. The summed E-state index contributed by atoms with van der Waals surface area (Å²) in [4.78, 5) is 12.1. The first kappa shape index (κ1) is 14.2. The van der Waals surface area contributed by atoms with Gasteiger partial charge in [0.25, 0.3) is 5.91 Å². The topological polar surface area (TPSA) is 58.6 Å². The zero-order valence-corrected chi connectivity index (χ0v) is 11.0. The normalized spacial score (nSPS) is 18.1. The summed E-state index contributed by atoms with van der Waals surface area (Å²) in [5.74, 6) is -1.23. The average molecular weight is 288 g/mol. The minimum absolute atomic E-state index is 0.0799. The van der Waals surface area contributed by atoms with Crippen molar-refractivity contribution in [3.05, 3.63) is 34.6 Å². The van der Waals surface area contributed by atoms with Crippen LogP contribution in [0.3, 0.4) is 0 Å². The monoisotopic (exact) mass is 287 g/mol. The van der Waals surface area contributed by atoms with Crippen molar-refractivity contribution in [3.63, 3.8) is 0 Å². The number of amides is 1. The lowest BCUT2D eigenvalue weighted by atomic mass is 9.90. The summed E-state index contributed by atoms with van der Waals surface area (Å²) in [5.41, 5.74) is -0.815. The van der Waals surface area contributed by atoms with E-state index in [4.69, 9.17) is 16.3 Å². The van der Waals surface area contributed by atoms with E-state index in [9.17, 15) is 14.3 Å². The Morgan fingerprint density at radius 3 is 2.74 bits per heavy atom. The Kier molecular flexibility index (Phi) is 4.39. The Balaban J connectivity index is 2.15. The van der Waals surface area contributed by atoms with E-state index in [1.165, 1.54) is 12.1 Å². The van der Waals surface area contributed by atoms with E-state index in [0.717, 1.165) is 6.07 Å². The third-order valence-corrected chi connectivity index (χ3v) is 3.54. The molecule has 0 radical (unpaired) electrons. The van der Waals surface area contributed by atoms with Crippen LogP contribution in [-0.4, -0.2) is 36.4 Å². The van der Waals surface area contributed by atoms with Gasteiger partial charge in [0.15, 0.2) is 0 Å². The number of hydrogen-bond acceptors (Lipinski definition) is 3. The fourth-order valence-electron chi connectivity index (χ4n) is 2.07. The van der Waals surface area contributed by atoms with Crippen LogP contribution in [-0.2, 0) is 4.74 Å². The highest BCUT2D eigenvalue weighted by molar-refractivity contribution is 6.30. The molecule has 19 heavy (non-hydrogen) atoms. The summed E-state index contributed by atoms with van der Waals surface area (Å²) in [6.45, 7) is 0.727. The number of ether oxygens (including phenoxy) is 1. The molecule has 1 aromatic rings. The quantitative estimate of drug-likeness (QED) is 0.890. The molecule has 2 rings (SSSR count). The molecule has 0 unspecified atom stereocenters. The summed E-state index contributed by atoms with van der Waals surface area (Å²) in [6.07, 6.45) is 1.01. The van der Waals surface area contributed by atoms with Crippen LogP contribution in [0.1, 0.15) is 23.2 Å². The molecule has 1 fully saturated rings. The highest BCUT2D eigenvalue weighted by atomic mass is 35.5. The summed E-state index contributed by atoms with van der Waals surface area (Å²) < 4.78 is 18.9. The maximum absolute atomic E-state index is 13.7. The predicted molar refractivity (Wildman–Crippen MR) is 68.7 cm³/mol. The molecule has 6 heteroatoms. The number of carbonyl (C=O) groups is 1. The molecule has 4 nitrogen and oxygen atoms in total. The van der Waals surface area contributed by atoms with Gasteiger partial charge >= 0.3 is 0 Å². The Hall–Kier alpha value is -1.17. The minimum Gasteiger partial charge on any atom is -0.394 e. The summed E-state index contributed by atoms with van der Waals surface area (Å²) >= 11 is 5.64. The van der Waals surface area contributed by atoms with E-state index >= 15 is 0 Å². The van der Waals surface area contributed by atoms with Crippen molar-refractivity contribution in [1.82, 2.24) is 5.32 Å². The van der Waals surface area contributed by atoms with Crippen LogP contribution in [0.4, 0.5) is 4.39 Å². The molecular weight excluding hydrogens is 273 g/mol. The van der Waals surface area contributed by atoms with Gasteiger partial charge in [-0.05, 0) is 31.0 Å². The number of halogens is 2. The molecule has 2 N–H and O–H groups in total. The second-order valence-corrected chi connectivity index (χ2v) is 5.07. The molecule has 0 bridgehead atoms. The lowest BCUT2D eigenvalue weighted by Crippen LogP contribution is -2.54. The molecule has 1 saturated heterocycles. The fraction of sp³-hybridized carbons (Fsp3) is 0.462. The van der Waals surface area contributed by atoms with Crippen LogP contribution in [0.2, 0.25) is 5.02 Å². The van der Waals surface area contributed by atoms with E-state index in [1.807, 2.05) is 0 Å². The molecule has 104 valence electrons. The number of carbonyl (C=O) groups excluding carboxylic acids is 1. The standard InChI is InChI=1S/C13H15ClFNO3/c14-9-1-2-10(11(15)7-9)12(18)16-13(8-17)3-5-19-6-4-13/h1-2,7,17H,3-6,8H2,(H,16,18). The highest BCUT2D eigenvalue weighted by Crippen LogP contribution is 2.22. The molecule has 1 aromatic carbocycles. The maximum atomic E-state index is 13.7. The molecule has 1 amide bonds. The van der Waals surface area contributed by atoms with Crippen molar-refractivity contribution in [3.8, 4) is 0 Å². The van der Waals surface area contributed by atoms with Crippen LogP contribution >= 0.6 is 11.6 Å². The lowest BCUT2D eigenvalue weighted by Gasteiger charge is -2.36. The first-order valence-corrected chi connectivity index (χ1v) is 6.40. The Bertz CT molecular complexity index is 475. The zero-order valence-electron chi connectivity index (χ0n) is 10.3. The van der Waals surface area contributed by atoms with Crippen molar-refractivity contribution < 1.29 is 19.0 Å². The number of nitrogens with one attached hydrogen (secondary N) is 1. The molecule has 0 aliphatic carbocycles. The molecule has 1 heterocycles. The van der Waals surface area contributed by atoms with Gasteiger partial charge in [-0.2, -0.15) is 0 Å². The van der Waals surface area contributed by atoms with Gasteiger partial charge in [0, 0.05) is 18.2 Å². The van der Waals surface area contributed by atoms with Gasteiger partial charge < -0.3 is 15.2 Å². The van der Waals surface area contributed by atoms with Crippen LogP contribution in [0.5, 0.6) is 0 Å². The van der Waals surface area contributed by atoms with Crippen molar-refractivity contribution in [1.29, 1.82) is 0 Å². The predicted octanol–water partition coefficient (Wildman–Crippen LogP) is 1.75. The Morgan fingerprint density at radius 2 is 2.16 bits per heavy atom. The van der Waals surface area contributed by atoms with Crippen molar-refractivity contribution >= 4 is 17.5 Å². The summed E-state index contributed by atoms with van der Waals surface area (Å²) in [5, 5.41) is 12.4. The van der Waals surface area contributed by atoms with Gasteiger partial charge in [0.2, 0.25) is 0 Å². The van der Waals surface area contributed by atoms with Gasteiger partial charge in [-0.15, -0.1) is 0 Å². The van der Waals surface area contributed by atoms with Crippen LogP contribution in [0, 0.1) is 5.82 Å².